The summed E-state index contributed by atoms with van der Waals surface area (Å²) in [4.78, 5) is 28.2. The van der Waals surface area contributed by atoms with Crippen molar-refractivity contribution in [2.75, 3.05) is 17.1 Å². The summed E-state index contributed by atoms with van der Waals surface area (Å²) in [6.45, 7) is 7.20. The number of halogens is 1. The molecule has 0 radical (unpaired) electrons. The van der Waals surface area contributed by atoms with Crippen LogP contribution in [0.3, 0.4) is 0 Å². The van der Waals surface area contributed by atoms with E-state index in [4.69, 9.17) is 11.6 Å². The second-order valence-electron chi connectivity index (χ2n) is 8.45. The number of hydrogen-bond acceptors (Lipinski definition) is 4. The highest BCUT2D eigenvalue weighted by atomic mass is 35.5. The van der Waals surface area contributed by atoms with Crippen molar-refractivity contribution in [3.63, 3.8) is 0 Å². The van der Waals surface area contributed by atoms with E-state index < -0.39 is 28.5 Å². The summed E-state index contributed by atoms with van der Waals surface area (Å²) in [5, 5.41) is 3.42. The van der Waals surface area contributed by atoms with Crippen LogP contribution >= 0.6 is 11.6 Å². The topological polar surface area (TPSA) is 86.8 Å². The summed E-state index contributed by atoms with van der Waals surface area (Å²) < 4.78 is 26.4. The van der Waals surface area contributed by atoms with Crippen LogP contribution in [0.1, 0.15) is 44.7 Å². The van der Waals surface area contributed by atoms with Crippen molar-refractivity contribution in [2.24, 2.45) is 0 Å². The maximum absolute atomic E-state index is 13.6. The first-order chi connectivity index (χ1) is 16.0. The lowest BCUT2D eigenvalue weighted by atomic mass is 10.1. The molecule has 0 aromatic heterocycles. The lowest BCUT2D eigenvalue weighted by Crippen LogP contribution is -2.53. The van der Waals surface area contributed by atoms with Crippen molar-refractivity contribution in [2.45, 2.75) is 59.2 Å². The highest BCUT2D eigenvalue weighted by Crippen LogP contribution is 2.26. The van der Waals surface area contributed by atoms with E-state index in [1.807, 2.05) is 51.1 Å². The molecule has 34 heavy (non-hydrogen) atoms. The van der Waals surface area contributed by atoms with E-state index in [2.05, 4.69) is 5.32 Å². The first-order valence-corrected chi connectivity index (χ1v) is 13.6. The minimum atomic E-state index is -3.79. The third-order valence-corrected chi connectivity index (χ3v) is 7.05. The van der Waals surface area contributed by atoms with Gasteiger partial charge in [-0.1, -0.05) is 55.8 Å². The van der Waals surface area contributed by atoms with E-state index in [0.717, 1.165) is 22.5 Å². The van der Waals surface area contributed by atoms with Crippen LogP contribution in [0, 0.1) is 6.92 Å². The average Bonchev–Trinajstić information content (AvgIpc) is 2.77. The largest absolute Gasteiger partial charge is 0.352 e. The Hall–Kier alpha value is -2.58. The fourth-order valence-corrected chi connectivity index (χ4v) is 4.77. The maximum Gasteiger partial charge on any atom is 0.244 e. The molecule has 0 spiro atoms. The lowest BCUT2D eigenvalue weighted by Gasteiger charge is -2.33. The van der Waals surface area contributed by atoms with E-state index in [9.17, 15) is 18.0 Å². The number of carbonyl (C=O) groups excluding carboxylic acids is 2. The molecule has 186 valence electrons. The first kappa shape index (κ1) is 27.7. The lowest BCUT2D eigenvalue weighted by molar-refractivity contribution is -0.140. The Balaban J connectivity index is 2.44. The van der Waals surface area contributed by atoms with Crippen molar-refractivity contribution in [1.82, 2.24) is 10.2 Å². The standard InChI is InChI=1S/C25H34ClN3O4S/c1-6-19(4)27-25(31)22(7-2)28(16-20-11-9-8-10-12-20)24(30)17-29(34(5,32)33)23-14-13-21(26)15-18(23)3/h8-15,19,22H,6-7,16-17H2,1-5H3,(H,27,31)/t19-,22-/m1/s1. The third kappa shape index (κ3) is 7.46. The van der Waals surface area contributed by atoms with E-state index in [0.29, 0.717) is 22.7 Å². The highest BCUT2D eigenvalue weighted by molar-refractivity contribution is 7.92. The average molecular weight is 508 g/mol. The molecule has 9 heteroatoms. The van der Waals surface area contributed by atoms with Crippen LogP contribution < -0.4 is 9.62 Å². The predicted molar refractivity (Wildman–Crippen MR) is 137 cm³/mol. The van der Waals surface area contributed by atoms with Gasteiger partial charge in [0.25, 0.3) is 0 Å². The van der Waals surface area contributed by atoms with Gasteiger partial charge in [0.05, 0.1) is 11.9 Å². The van der Waals surface area contributed by atoms with Crippen molar-refractivity contribution in [1.29, 1.82) is 0 Å². The van der Waals surface area contributed by atoms with Gasteiger partial charge in [-0.25, -0.2) is 8.42 Å². The monoisotopic (exact) mass is 507 g/mol. The van der Waals surface area contributed by atoms with Crippen molar-refractivity contribution in [3.05, 3.63) is 64.7 Å². The predicted octanol–water partition coefficient (Wildman–Crippen LogP) is 4.14. The summed E-state index contributed by atoms with van der Waals surface area (Å²) in [7, 11) is -3.79. The van der Waals surface area contributed by atoms with E-state index in [1.165, 1.54) is 4.90 Å². The zero-order valence-corrected chi connectivity index (χ0v) is 22.0. The zero-order chi connectivity index (χ0) is 25.5. The molecule has 0 heterocycles. The smallest absolute Gasteiger partial charge is 0.244 e. The minimum Gasteiger partial charge on any atom is -0.352 e. The number of aryl methyl sites for hydroxylation is 1. The molecule has 2 amide bonds. The van der Waals surface area contributed by atoms with E-state index in [-0.39, 0.29) is 18.5 Å². The molecule has 2 aromatic carbocycles. The number of nitrogens with one attached hydrogen (secondary N) is 1. The van der Waals surface area contributed by atoms with Crippen molar-refractivity contribution in [3.8, 4) is 0 Å². The van der Waals surface area contributed by atoms with Crippen LogP contribution in [-0.2, 0) is 26.2 Å². The van der Waals surface area contributed by atoms with Crippen molar-refractivity contribution < 1.29 is 18.0 Å². The summed E-state index contributed by atoms with van der Waals surface area (Å²) >= 11 is 6.04. The normalized spacial score (nSPS) is 13.1. The van der Waals surface area contributed by atoms with E-state index in [1.54, 1.807) is 25.1 Å². The molecular formula is C25H34ClN3O4S. The quantitative estimate of drug-likeness (QED) is 0.495. The maximum atomic E-state index is 13.6. The summed E-state index contributed by atoms with van der Waals surface area (Å²) in [5.74, 6) is -0.718. The summed E-state index contributed by atoms with van der Waals surface area (Å²) in [6, 6.07) is 13.4. The Morgan fingerprint density at radius 1 is 1.06 bits per heavy atom. The number of rotatable bonds is 11. The van der Waals surface area contributed by atoms with Crippen LogP contribution in [0.25, 0.3) is 0 Å². The Morgan fingerprint density at radius 3 is 2.24 bits per heavy atom. The van der Waals surface area contributed by atoms with Gasteiger partial charge in [0.1, 0.15) is 12.6 Å². The minimum absolute atomic E-state index is 0.0422. The van der Waals surface area contributed by atoms with Gasteiger partial charge >= 0.3 is 0 Å². The molecule has 7 nitrogen and oxygen atoms in total. The number of carbonyl (C=O) groups is 2. The Morgan fingerprint density at radius 2 is 1.71 bits per heavy atom. The summed E-state index contributed by atoms with van der Waals surface area (Å²) in [5.41, 5.74) is 1.85. The molecule has 1 N–H and O–H groups in total. The number of sulfonamides is 1. The number of benzene rings is 2. The van der Waals surface area contributed by atoms with E-state index >= 15 is 0 Å². The number of nitrogens with zero attached hydrogens (tertiary/aromatic N) is 2. The Kier molecular flexibility index (Phi) is 9.94. The van der Waals surface area contributed by atoms with Gasteiger partial charge in [-0.2, -0.15) is 0 Å². The molecule has 0 saturated heterocycles. The molecule has 0 aliphatic carbocycles. The molecule has 2 aromatic rings. The molecule has 0 unspecified atom stereocenters. The Bertz CT molecular complexity index is 1090. The molecule has 2 rings (SSSR count). The van der Waals surface area contributed by atoms with Gasteiger partial charge in [0.2, 0.25) is 21.8 Å². The third-order valence-electron chi connectivity index (χ3n) is 5.69. The first-order valence-electron chi connectivity index (χ1n) is 11.4. The molecule has 0 bridgehead atoms. The molecule has 2 atom stereocenters. The van der Waals surface area contributed by atoms with Crippen LogP contribution in [0.2, 0.25) is 5.02 Å². The van der Waals surface area contributed by atoms with Gasteiger partial charge in [0, 0.05) is 17.6 Å². The van der Waals surface area contributed by atoms with Gasteiger partial charge in [-0.15, -0.1) is 0 Å². The fraction of sp³-hybridized carbons (Fsp3) is 0.440. The van der Waals surface area contributed by atoms with Gasteiger partial charge in [-0.05, 0) is 56.0 Å². The van der Waals surface area contributed by atoms with Crippen LogP contribution in [-0.4, -0.2) is 50.0 Å². The zero-order valence-electron chi connectivity index (χ0n) is 20.4. The van der Waals surface area contributed by atoms with Crippen LogP contribution in [0.15, 0.2) is 48.5 Å². The molecule has 0 aliphatic rings. The highest BCUT2D eigenvalue weighted by Gasteiger charge is 2.32. The molecule has 0 aliphatic heterocycles. The van der Waals surface area contributed by atoms with Gasteiger partial charge in [0.15, 0.2) is 0 Å². The van der Waals surface area contributed by atoms with Gasteiger partial charge in [-0.3, -0.25) is 13.9 Å². The van der Waals surface area contributed by atoms with Crippen LogP contribution in [0.4, 0.5) is 5.69 Å². The Labute approximate surface area is 208 Å². The van der Waals surface area contributed by atoms with Crippen molar-refractivity contribution >= 4 is 39.1 Å². The SMILES string of the molecule is CC[C@@H](C)NC(=O)[C@@H](CC)N(Cc1ccccc1)C(=O)CN(c1ccc(Cl)cc1C)S(C)(=O)=O. The number of amides is 2. The fourth-order valence-electron chi connectivity index (χ4n) is 3.63. The molecule has 0 saturated carbocycles. The second-order valence-corrected chi connectivity index (χ2v) is 10.8. The van der Waals surface area contributed by atoms with Gasteiger partial charge < -0.3 is 10.2 Å². The van der Waals surface area contributed by atoms with Crippen LogP contribution in [0.5, 0.6) is 0 Å². The molecule has 0 fully saturated rings. The summed E-state index contributed by atoms with van der Waals surface area (Å²) in [6.07, 6.45) is 2.20. The molecular weight excluding hydrogens is 474 g/mol. The second kappa shape index (κ2) is 12.2. The number of hydrogen-bond donors (Lipinski definition) is 1. The number of anilines is 1.